The first-order valence-corrected chi connectivity index (χ1v) is 7.68. The van der Waals surface area contributed by atoms with Gasteiger partial charge in [0.05, 0.1) is 0 Å². The van der Waals surface area contributed by atoms with Crippen LogP contribution in [0.3, 0.4) is 0 Å². The molecule has 3 nitrogen and oxygen atoms in total. The fourth-order valence-electron chi connectivity index (χ4n) is 2.12. The molecule has 0 heterocycles. The van der Waals surface area contributed by atoms with Crippen molar-refractivity contribution >= 4 is 5.97 Å². The molecule has 0 aromatic heterocycles. The smallest absolute Gasteiger partial charge is 0.320 e. The first-order chi connectivity index (χ1) is 8.72. The van der Waals surface area contributed by atoms with Crippen molar-refractivity contribution in [1.29, 1.82) is 0 Å². The third-order valence-corrected chi connectivity index (χ3v) is 3.38. The maximum absolute atomic E-state index is 10.8. The van der Waals surface area contributed by atoms with Crippen LogP contribution in [0.25, 0.3) is 0 Å². The summed E-state index contributed by atoms with van der Waals surface area (Å²) in [5.41, 5.74) is 0. The first-order valence-electron chi connectivity index (χ1n) is 7.68. The van der Waals surface area contributed by atoms with Gasteiger partial charge in [-0.25, -0.2) is 0 Å². The molecular formula is C15H31NO2. The van der Waals surface area contributed by atoms with E-state index in [4.69, 9.17) is 5.11 Å². The Morgan fingerprint density at radius 3 is 1.89 bits per heavy atom. The number of unbranched alkanes of at least 4 members (excludes halogenated alkanes) is 8. The van der Waals surface area contributed by atoms with Gasteiger partial charge in [0.2, 0.25) is 0 Å². The minimum atomic E-state index is -0.728. The Hall–Kier alpha value is -0.570. The molecule has 0 spiro atoms. The van der Waals surface area contributed by atoms with E-state index in [9.17, 15) is 4.79 Å². The number of carboxylic acid groups (broad SMARTS) is 1. The van der Waals surface area contributed by atoms with Gasteiger partial charge in [0.25, 0.3) is 0 Å². The molecular weight excluding hydrogens is 226 g/mol. The molecule has 0 bridgehead atoms. The summed E-state index contributed by atoms with van der Waals surface area (Å²) < 4.78 is 0. The average molecular weight is 257 g/mol. The minimum absolute atomic E-state index is 0.362. The van der Waals surface area contributed by atoms with Gasteiger partial charge in [-0.2, -0.15) is 0 Å². The molecule has 0 aliphatic carbocycles. The predicted molar refractivity (Wildman–Crippen MR) is 76.9 cm³/mol. The molecule has 0 rings (SSSR count). The van der Waals surface area contributed by atoms with Crippen LogP contribution >= 0.6 is 0 Å². The summed E-state index contributed by atoms with van der Waals surface area (Å²) in [7, 11) is 0. The van der Waals surface area contributed by atoms with Gasteiger partial charge in [0, 0.05) is 0 Å². The van der Waals surface area contributed by atoms with Crippen molar-refractivity contribution in [2.45, 2.75) is 84.1 Å². The first kappa shape index (κ1) is 17.4. The number of carbonyl (C=O) groups is 1. The number of nitrogens with one attached hydrogen (secondary N) is 1. The van der Waals surface area contributed by atoms with Crippen LogP contribution in [0.4, 0.5) is 0 Å². The third-order valence-electron chi connectivity index (χ3n) is 3.38. The van der Waals surface area contributed by atoms with Crippen molar-refractivity contribution in [1.82, 2.24) is 5.32 Å². The lowest BCUT2D eigenvalue weighted by Gasteiger charge is -2.11. The Morgan fingerprint density at radius 2 is 1.44 bits per heavy atom. The van der Waals surface area contributed by atoms with Gasteiger partial charge < -0.3 is 10.4 Å². The summed E-state index contributed by atoms with van der Waals surface area (Å²) in [5, 5.41) is 11.9. The van der Waals surface area contributed by atoms with Gasteiger partial charge in [-0.15, -0.1) is 0 Å². The molecule has 18 heavy (non-hydrogen) atoms. The second-order valence-corrected chi connectivity index (χ2v) is 5.08. The van der Waals surface area contributed by atoms with Crippen LogP contribution < -0.4 is 5.32 Å². The summed E-state index contributed by atoms with van der Waals surface area (Å²) in [6.45, 7) is 4.98. The van der Waals surface area contributed by atoms with Gasteiger partial charge in [0.1, 0.15) is 6.04 Å². The fraction of sp³-hybridized carbons (Fsp3) is 0.933. The fourth-order valence-corrected chi connectivity index (χ4v) is 2.12. The SMILES string of the molecule is CCCCCCCCCCCNC(CC)C(=O)O. The lowest BCUT2D eigenvalue weighted by molar-refractivity contribution is -0.139. The van der Waals surface area contributed by atoms with Crippen molar-refractivity contribution < 1.29 is 9.90 Å². The maximum Gasteiger partial charge on any atom is 0.320 e. The molecule has 0 aliphatic rings. The van der Waals surface area contributed by atoms with Crippen molar-refractivity contribution in [2.75, 3.05) is 6.54 Å². The summed E-state index contributed by atoms with van der Waals surface area (Å²) >= 11 is 0. The molecule has 0 radical (unpaired) electrons. The molecule has 0 aliphatic heterocycles. The molecule has 0 saturated carbocycles. The van der Waals surface area contributed by atoms with E-state index >= 15 is 0 Å². The highest BCUT2D eigenvalue weighted by Gasteiger charge is 2.12. The second kappa shape index (κ2) is 12.9. The van der Waals surface area contributed by atoms with Gasteiger partial charge in [-0.1, -0.05) is 65.2 Å². The Bertz CT molecular complexity index is 195. The standard InChI is InChI=1S/C15H31NO2/c1-3-5-6-7-8-9-10-11-12-13-16-14(4-2)15(17)18/h14,16H,3-13H2,1-2H3,(H,17,18). The number of carboxylic acids is 1. The third kappa shape index (κ3) is 10.6. The summed E-state index contributed by atoms with van der Waals surface area (Å²) in [4.78, 5) is 10.8. The second-order valence-electron chi connectivity index (χ2n) is 5.08. The monoisotopic (exact) mass is 257 g/mol. The zero-order valence-electron chi connectivity index (χ0n) is 12.2. The van der Waals surface area contributed by atoms with E-state index in [2.05, 4.69) is 12.2 Å². The highest BCUT2D eigenvalue weighted by atomic mass is 16.4. The number of rotatable bonds is 13. The van der Waals surface area contributed by atoms with Crippen molar-refractivity contribution in [2.24, 2.45) is 0 Å². The van der Waals surface area contributed by atoms with Crippen LogP contribution in [0, 0.1) is 0 Å². The Kier molecular flexibility index (Phi) is 12.5. The number of aliphatic carboxylic acids is 1. The minimum Gasteiger partial charge on any atom is -0.480 e. The molecule has 0 saturated heterocycles. The van der Waals surface area contributed by atoms with E-state index < -0.39 is 5.97 Å². The summed E-state index contributed by atoms with van der Waals surface area (Å²) in [5.74, 6) is -0.728. The van der Waals surface area contributed by atoms with Gasteiger partial charge in [-0.3, -0.25) is 4.79 Å². The Labute approximate surface area is 112 Å². The highest BCUT2D eigenvalue weighted by molar-refractivity contribution is 5.73. The number of hydrogen-bond donors (Lipinski definition) is 2. The Morgan fingerprint density at radius 1 is 0.944 bits per heavy atom. The highest BCUT2D eigenvalue weighted by Crippen LogP contribution is 2.09. The lowest BCUT2D eigenvalue weighted by atomic mass is 10.1. The predicted octanol–water partition coefficient (Wildman–Crippen LogP) is 3.97. The molecule has 0 aromatic carbocycles. The topological polar surface area (TPSA) is 49.3 Å². The summed E-state index contributed by atoms with van der Waals surface area (Å²) in [6.07, 6.45) is 12.4. The van der Waals surface area contributed by atoms with Crippen molar-refractivity contribution in [3.05, 3.63) is 0 Å². The molecule has 0 aromatic rings. The quantitative estimate of drug-likeness (QED) is 0.491. The molecule has 0 fully saturated rings. The van der Waals surface area contributed by atoms with E-state index in [0.29, 0.717) is 6.42 Å². The normalized spacial score (nSPS) is 12.6. The van der Waals surface area contributed by atoms with Crippen LogP contribution in [-0.4, -0.2) is 23.7 Å². The van der Waals surface area contributed by atoms with E-state index in [1.54, 1.807) is 0 Å². The zero-order valence-corrected chi connectivity index (χ0v) is 12.2. The van der Waals surface area contributed by atoms with E-state index in [1.165, 1.54) is 51.4 Å². The van der Waals surface area contributed by atoms with E-state index in [1.807, 2.05) is 6.92 Å². The van der Waals surface area contributed by atoms with Crippen LogP contribution in [0.5, 0.6) is 0 Å². The van der Waals surface area contributed by atoms with Gasteiger partial charge in [0.15, 0.2) is 0 Å². The number of hydrogen-bond acceptors (Lipinski definition) is 2. The van der Waals surface area contributed by atoms with Gasteiger partial charge in [-0.05, 0) is 19.4 Å². The summed E-state index contributed by atoms with van der Waals surface area (Å²) in [6, 6.07) is -0.362. The van der Waals surface area contributed by atoms with Crippen molar-refractivity contribution in [3.8, 4) is 0 Å². The maximum atomic E-state index is 10.8. The van der Waals surface area contributed by atoms with Gasteiger partial charge >= 0.3 is 5.97 Å². The molecule has 1 unspecified atom stereocenters. The van der Waals surface area contributed by atoms with Crippen LogP contribution in [0.2, 0.25) is 0 Å². The molecule has 0 amide bonds. The van der Waals surface area contributed by atoms with Crippen LogP contribution in [0.1, 0.15) is 78.1 Å². The van der Waals surface area contributed by atoms with Crippen molar-refractivity contribution in [3.63, 3.8) is 0 Å². The average Bonchev–Trinajstić information content (AvgIpc) is 2.35. The Balaban J connectivity index is 3.18. The molecule has 1 atom stereocenters. The molecule has 108 valence electrons. The van der Waals surface area contributed by atoms with Crippen LogP contribution in [-0.2, 0) is 4.79 Å². The lowest BCUT2D eigenvalue weighted by Crippen LogP contribution is -2.36. The largest absolute Gasteiger partial charge is 0.480 e. The van der Waals surface area contributed by atoms with Crippen LogP contribution in [0.15, 0.2) is 0 Å². The van der Waals surface area contributed by atoms with E-state index in [-0.39, 0.29) is 6.04 Å². The molecule has 2 N–H and O–H groups in total. The zero-order chi connectivity index (χ0) is 13.6. The molecule has 3 heteroatoms. The van der Waals surface area contributed by atoms with E-state index in [0.717, 1.165) is 13.0 Å².